The number of alkyl halides is 1. The number of hydrogen-bond donors (Lipinski definition) is 0. The largest absolute Gasteiger partial charge is 0.463 e. The summed E-state index contributed by atoms with van der Waals surface area (Å²) in [6.45, 7) is 8.96. The molecule has 0 aliphatic rings. The number of carbonyl (C=O) groups is 1. The van der Waals surface area contributed by atoms with E-state index < -0.39 is 0 Å². The van der Waals surface area contributed by atoms with Gasteiger partial charge in [-0.25, -0.2) is 0 Å². The summed E-state index contributed by atoms with van der Waals surface area (Å²) in [6, 6.07) is 0. The van der Waals surface area contributed by atoms with Gasteiger partial charge in [0.15, 0.2) is 0 Å². The maximum atomic E-state index is 11.4. The highest BCUT2D eigenvalue weighted by molar-refractivity contribution is 14.1. The van der Waals surface area contributed by atoms with Crippen LogP contribution >= 0.6 is 22.6 Å². The second kappa shape index (κ2) is 26.0. The third-order valence-corrected chi connectivity index (χ3v) is 4.00. The van der Waals surface area contributed by atoms with E-state index in [4.69, 9.17) is 33.2 Å². The molecule has 0 aliphatic carbocycles. The Kier molecular flexibility index (Phi) is 26.0. The molecule has 0 amide bonds. The first kappa shape index (κ1) is 29.0. The topological polar surface area (TPSA) is 81.7 Å². The van der Waals surface area contributed by atoms with Gasteiger partial charge in [-0.15, -0.1) is 0 Å². The van der Waals surface area contributed by atoms with E-state index in [1.807, 2.05) is 0 Å². The fourth-order valence-electron chi connectivity index (χ4n) is 2.06. The van der Waals surface area contributed by atoms with Gasteiger partial charge in [0.05, 0.1) is 79.3 Å². The summed E-state index contributed by atoms with van der Waals surface area (Å²) >= 11 is 2.27. The lowest BCUT2D eigenvalue weighted by molar-refractivity contribution is -0.145. The van der Waals surface area contributed by atoms with Crippen molar-refractivity contribution < 1.29 is 38.0 Å². The van der Waals surface area contributed by atoms with E-state index in [0.717, 1.165) is 30.3 Å². The third kappa shape index (κ3) is 25.9. The van der Waals surface area contributed by atoms with Crippen LogP contribution in [0.25, 0.3) is 0 Å². The van der Waals surface area contributed by atoms with Crippen molar-refractivity contribution in [2.45, 2.75) is 32.6 Å². The molecule has 0 unspecified atom stereocenters. The molecule has 0 saturated carbocycles. The summed E-state index contributed by atoms with van der Waals surface area (Å²) in [5.41, 5.74) is 0. The van der Waals surface area contributed by atoms with Gasteiger partial charge in [-0.2, -0.15) is 0 Å². The second-order valence-corrected chi connectivity index (χ2v) is 7.12. The van der Waals surface area contributed by atoms with Crippen molar-refractivity contribution in [2.75, 3.05) is 90.3 Å². The molecule has 0 aromatic carbocycles. The van der Waals surface area contributed by atoms with E-state index in [1.165, 1.54) is 0 Å². The van der Waals surface area contributed by atoms with Gasteiger partial charge in [0.1, 0.15) is 6.61 Å². The molecule has 8 nitrogen and oxygen atoms in total. The predicted octanol–water partition coefficient (Wildman–Crippen LogP) is 2.64. The van der Waals surface area contributed by atoms with Gasteiger partial charge in [0, 0.05) is 10.8 Å². The fraction of sp³-hybridized carbons (Fsp3) is 0.950. The van der Waals surface area contributed by atoms with E-state index in [-0.39, 0.29) is 5.97 Å². The minimum atomic E-state index is -0.149. The number of carbonyl (C=O) groups excluding carboxylic acids is 1. The summed E-state index contributed by atoms with van der Waals surface area (Å²) in [6.07, 6.45) is 3.54. The van der Waals surface area contributed by atoms with Crippen LogP contribution in [-0.4, -0.2) is 96.3 Å². The standard InChI is InChI=1S/C20H39IO8/c1-2-3-4-5-20(22)29-19-18-28-17-16-27-15-14-26-13-12-25-11-10-24-9-8-23-7-6-21/h2-19H2,1H3. The summed E-state index contributed by atoms with van der Waals surface area (Å²) in [5.74, 6) is -0.149. The number of hydrogen-bond acceptors (Lipinski definition) is 8. The van der Waals surface area contributed by atoms with Gasteiger partial charge in [0.25, 0.3) is 0 Å². The molecule has 0 fully saturated rings. The predicted molar refractivity (Wildman–Crippen MR) is 119 cm³/mol. The Morgan fingerprint density at radius 3 is 1.34 bits per heavy atom. The summed E-state index contributed by atoms with van der Waals surface area (Å²) in [7, 11) is 0. The maximum absolute atomic E-state index is 11.4. The number of ether oxygens (including phenoxy) is 7. The van der Waals surface area contributed by atoms with E-state index >= 15 is 0 Å². The van der Waals surface area contributed by atoms with Gasteiger partial charge in [-0.05, 0) is 6.42 Å². The monoisotopic (exact) mass is 534 g/mol. The zero-order valence-electron chi connectivity index (χ0n) is 17.9. The molecule has 0 aliphatic heterocycles. The third-order valence-electron chi connectivity index (χ3n) is 3.56. The quantitative estimate of drug-likeness (QED) is 0.0810. The van der Waals surface area contributed by atoms with Crippen LogP contribution in [0.3, 0.4) is 0 Å². The van der Waals surface area contributed by atoms with E-state index in [9.17, 15) is 4.79 Å². The Balaban J connectivity index is 3.06. The molecule has 0 bridgehead atoms. The van der Waals surface area contributed by atoms with Crippen LogP contribution in [-0.2, 0) is 38.0 Å². The molecule has 0 rings (SSSR count). The number of esters is 1. The van der Waals surface area contributed by atoms with Crippen LogP contribution < -0.4 is 0 Å². The highest BCUT2D eigenvalue weighted by Crippen LogP contribution is 2.00. The van der Waals surface area contributed by atoms with Crippen molar-refractivity contribution >= 4 is 28.6 Å². The van der Waals surface area contributed by atoms with Crippen LogP contribution in [0.15, 0.2) is 0 Å². The van der Waals surface area contributed by atoms with Crippen molar-refractivity contribution in [3.8, 4) is 0 Å². The molecule has 0 radical (unpaired) electrons. The molecule has 0 atom stereocenters. The molecule has 0 saturated heterocycles. The number of halogens is 1. The van der Waals surface area contributed by atoms with Gasteiger partial charge >= 0.3 is 5.97 Å². The Bertz CT molecular complexity index is 334. The summed E-state index contributed by atoms with van der Waals surface area (Å²) < 4.78 is 38.3. The second-order valence-electron chi connectivity index (χ2n) is 6.04. The van der Waals surface area contributed by atoms with Crippen LogP contribution in [0.4, 0.5) is 0 Å². The number of rotatable bonds is 24. The van der Waals surface area contributed by atoms with Crippen molar-refractivity contribution in [3.63, 3.8) is 0 Å². The van der Waals surface area contributed by atoms with Crippen molar-refractivity contribution in [1.29, 1.82) is 0 Å². The van der Waals surface area contributed by atoms with Crippen LogP contribution in [0.5, 0.6) is 0 Å². The number of unbranched alkanes of at least 4 members (excludes halogenated alkanes) is 2. The summed E-state index contributed by atoms with van der Waals surface area (Å²) in [4.78, 5) is 11.4. The molecule has 174 valence electrons. The van der Waals surface area contributed by atoms with Crippen molar-refractivity contribution in [3.05, 3.63) is 0 Å². The molecular weight excluding hydrogens is 495 g/mol. The lowest BCUT2D eigenvalue weighted by atomic mass is 10.2. The smallest absolute Gasteiger partial charge is 0.305 e. The molecule has 29 heavy (non-hydrogen) atoms. The first-order chi connectivity index (χ1) is 14.3. The van der Waals surface area contributed by atoms with Gasteiger partial charge in [-0.3, -0.25) is 4.79 Å². The first-order valence-corrected chi connectivity index (χ1v) is 12.0. The Morgan fingerprint density at radius 1 is 0.586 bits per heavy atom. The molecule has 0 aromatic heterocycles. The van der Waals surface area contributed by atoms with Crippen LogP contribution in [0, 0.1) is 0 Å². The zero-order valence-corrected chi connectivity index (χ0v) is 20.0. The SMILES string of the molecule is CCCCCC(=O)OCCOCCOCCOCCOCCOCCOCCI. The highest BCUT2D eigenvalue weighted by Gasteiger charge is 2.01. The minimum absolute atomic E-state index is 0.149. The van der Waals surface area contributed by atoms with Crippen LogP contribution in [0.2, 0.25) is 0 Å². The Morgan fingerprint density at radius 2 is 0.966 bits per heavy atom. The average Bonchev–Trinajstić information content (AvgIpc) is 2.72. The van der Waals surface area contributed by atoms with Crippen molar-refractivity contribution in [1.82, 2.24) is 0 Å². The Hall–Kier alpha value is -0.0400. The maximum Gasteiger partial charge on any atom is 0.305 e. The van der Waals surface area contributed by atoms with Gasteiger partial charge in [-0.1, -0.05) is 42.4 Å². The normalized spacial score (nSPS) is 11.1. The van der Waals surface area contributed by atoms with E-state index in [2.05, 4.69) is 29.5 Å². The molecular formula is C20H39IO8. The molecule has 0 aromatic rings. The summed E-state index contributed by atoms with van der Waals surface area (Å²) in [5, 5.41) is 0. The molecule has 9 heteroatoms. The van der Waals surface area contributed by atoms with Gasteiger partial charge in [0.2, 0.25) is 0 Å². The fourth-order valence-corrected chi connectivity index (χ4v) is 2.37. The Labute approximate surface area is 189 Å². The lowest BCUT2D eigenvalue weighted by Crippen LogP contribution is -2.15. The molecule has 0 heterocycles. The van der Waals surface area contributed by atoms with E-state index in [1.54, 1.807) is 0 Å². The lowest BCUT2D eigenvalue weighted by Gasteiger charge is -2.08. The minimum Gasteiger partial charge on any atom is -0.463 e. The van der Waals surface area contributed by atoms with Crippen molar-refractivity contribution in [2.24, 2.45) is 0 Å². The first-order valence-electron chi connectivity index (χ1n) is 10.5. The highest BCUT2D eigenvalue weighted by atomic mass is 127. The zero-order chi connectivity index (χ0) is 21.3. The average molecular weight is 534 g/mol. The van der Waals surface area contributed by atoms with Crippen LogP contribution in [0.1, 0.15) is 32.6 Å². The molecule has 0 spiro atoms. The van der Waals surface area contributed by atoms with E-state index in [0.29, 0.717) is 85.7 Å². The molecule has 0 N–H and O–H groups in total. The van der Waals surface area contributed by atoms with Gasteiger partial charge < -0.3 is 33.2 Å².